The molecule has 0 N–H and O–H groups in total. The number of carbonyl (C=O) groups excluding carboxylic acids is 2. The van der Waals surface area contributed by atoms with Gasteiger partial charge in [-0.15, -0.1) is 0 Å². The van der Waals surface area contributed by atoms with Crippen LogP contribution in [-0.4, -0.2) is 26.2 Å². The topological polar surface area (TPSA) is 52.6 Å². The first-order valence-corrected chi connectivity index (χ1v) is 9.77. The maximum Gasteiger partial charge on any atom is 0.323 e. The van der Waals surface area contributed by atoms with Crippen LogP contribution >= 0.6 is 0 Å². The van der Waals surface area contributed by atoms with Gasteiger partial charge in [0.15, 0.2) is 5.41 Å². The minimum absolute atomic E-state index is 0.361. The third-order valence-electron chi connectivity index (χ3n) is 5.73. The number of carbonyl (C=O) groups is 2. The van der Waals surface area contributed by atoms with E-state index < -0.39 is 17.4 Å². The van der Waals surface area contributed by atoms with Crippen LogP contribution in [0.3, 0.4) is 0 Å². The molecule has 1 aliphatic rings. The van der Waals surface area contributed by atoms with Crippen molar-refractivity contribution in [2.75, 3.05) is 14.2 Å². The number of rotatable bonds is 9. The molecule has 1 aromatic carbocycles. The van der Waals surface area contributed by atoms with Gasteiger partial charge in [-0.05, 0) is 48.4 Å². The highest BCUT2D eigenvalue weighted by molar-refractivity contribution is 6.01. The van der Waals surface area contributed by atoms with Gasteiger partial charge in [0.25, 0.3) is 0 Å². The average Bonchev–Trinajstić information content (AvgIpc) is 3.06. The largest absolute Gasteiger partial charge is 0.468 e. The Bertz CT molecular complexity index is 632. The van der Waals surface area contributed by atoms with E-state index in [1.54, 1.807) is 0 Å². The number of esters is 2. The number of hydrogen-bond donors (Lipinski definition) is 0. The fraction of sp³-hybridized carbons (Fsp3) is 0.636. The van der Waals surface area contributed by atoms with Crippen molar-refractivity contribution in [2.45, 2.75) is 71.6 Å². The van der Waals surface area contributed by atoms with Crippen molar-refractivity contribution in [3.05, 3.63) is 34.4 Å². The number of fused-ring (bicyclic) bond motifs is 1. The molecule has 0 saturated heterocycles. The summed E-state index contributed by atoms with van der Waals surface area (Å²) in [5, 5.41) is 0. The number of aryl methyl sites for hydroxylation is 1. The summed E-state index contributed by atoms with van der Waals surface area (Å²) in [6.45, 7) is 4.34. The lowest BCUT2D eigenvalue weighted by atomic mass is 9.84. The van der Waals surface area contributed by atoms with Gasteiger partial charge in [-0.1, -0.05) is 51.2 Å². The summed E-state index contributed by atoms with van der Waals surface area (Å²) in [6, 6.07) is 4.23. The van der Waals surface area contributed by atoms with Crippen LogP contribution in [0.1, 0.15) is 67.7 Å². The van der Waals surface area contributed by atoms with E-state index in [1.807, 2.05) is 0 Å². The predicted molar refractivity (Wildman–Crippen MR) is 102 cm³/mol. The Hall–Kier alpha value is -1.84. The molecule has 0 atom stereocenters. The van der Waals surface area contributed by atoms with Crippen molar-refractivity contribution in [3.63, 3.8) is 0 Å². The van der Waals surface area contributed by atoms with Crippen molar-refractivity contribution in [3.8, 4) is 0 Å². The average molecular weight is 360 g/mol. The lowest BCUT2D eigenvalue weighted by Gasteiger charge is -2.22. The first-order chi connectivity index (χ1) is 12.5. The van der Waals surface area contributed by atoms with Crippen LogP contribution < -0.4 is 0 Å². The summed E-state index contributed by atoms with van der Waals surface area (Å²) in [4.78, 5) is 24.8. The molecule has 0 saturated carbocycles. The van der Waals surface area contributed by atoms with Gasteiger partial charge in [-0.3, -0.25) is 9.59 Å². The molecule has 0 bridgehead atoms. The lowest BCUT2D eigenvalue weighted by molar-refractivity contribution is -0.168. The highest BCUT2D eigenvalue weighted by atomic mass is 16.5. The normalized spacial score (nSPS) is 14.8. The van der Waals surface area contributed by atoms with Crippen LogP contribution in [0.5, 0.6) is 0 Å². The van der Waals surface area contributed by atoms with Crippen molar-refractivity contribution >= 4 is 11.9 Å². The summed E-state index contributed by atoms with van der Waals surface area (Å²) in [6.07, 6.45) is 9.43. The Kier molecular flexibility index (Phi) is 7.24. The number of unbranched alkanes of at least 4 members (excludes halogenated alkanes) is 5. The molecule has 4 nitrogen and oxygen atoms in total. The van der Waals surface area contributed by atoms with Gasteiger partial charge in [0.2, 0.25) is 0 Å². The van der Waals surface area contributed by atoms with Gasteiger partial charge < -0.3 is 9.47 Å². The fourth-order valence-corrected chi connectivity index (χ4v) is 4.09. The number of methoxy groups -OCH3 is 2. The minimum atomic E-state index is -1.23. The van der Waals surface area contributed by atoms with Crippen LogP contribution in [0.15, 0.2) is 12.1 Å². The van der Waals surface area contributed by atoms with Crippen LogP contribution in [0.4, 0.5) is 0 Å². The lowest BCUT2D eigenvalue weighted by Crippen LogP contribution is -2.42. The van der Waals surface area contributed by atoms with E-state index in [0.29, 0.717) is 12.8 Å². The molecule has 26 heavy (non-hydrogen) atoms. The van der Waals surface area contributed by atoms with Gasteiger partial charge in [-0.25, -0.2) is 0 Å². The number of ether oxygens (including phenoxy) is 2. The highest BCUT2D eigenvalue weighted by Crippen LogP contribution is 2.41. The Morgan fingerprint density at radius 1 is 0.962 bits per heavy atom. The zero-order valence-electron chi connectivity index (χ0n) is 16.7. The summed E-state index contributed by atoms with van der Waals surface area (Å²) in [5.74, 6) is -1.00. The van der Waals surface area contributed by atoms with Crippen LogP contribution in [0, 0.1) is 12.3 Å². The smallest absolute Gasteiger partial charge is 0.323 e. The third-order valence-corrected chi connectivity index (χ3v) is 5.73. The molecular weight excluding hydrogens is 328 g/mol. The standard InChI is InChI=1S/C22H32O4/c1-5-6-7-8-9-10-11-17-12-13-18-14-22(20(23)25-3,21(24)26-4)15-19(18)16(17)2/h12-13H,5-11,14-15H2,1-4H3. The highest BCUT2D eigenvalue weighted by Gasteiger charge is 2.53. The Morgan fingerprint density at radius 3 is 2.19 bits per heavy atom. The molecule has 1 aliphatic carbocycles. The van der Waals surface area contributed by atoms with Gasteiger partial charge in [0, 0.05) is 6.42 Å². The molecule has 0 radical (unpaired) electrons. The predicted octanol–water partition coefficient (Wildman–Crippen LogP) is 4.33. The maximum atomic E-state index is 12.4. The van der Waals surface area contributed by atoms with E-state index in [-0.39, 0.29) is 0 Å². The molecule has 1 aromatic rings. The van der Waals surface area contributed by atoms with Crippen molar-refractivity contribution in [2.24, 2.45) is 5.41 Å². The number of hydrogen-bond acceptors (Lipinski definition) is 4. The van der Waals surface area contributed by atoms with Crippen LogP contribution in [0.2, 0.25) is 0 Å². The van der Waals surface area contributed by atoms with E-state index >= 15 is 0 Å². The molecule has 0 heterocycles. The van der Waals surface area contributed by atoms with Crippen molar-refractivity contribution in [1.82, 2.24) is 0 Å². The van der Waals surface area contributed by atoms with Crippen molar-refractivity contribution < 1.29 is 19.1 Å². The minimum Gasteiger partial charge on any atom is -0.468 e. The molecule has 4 heteroatoms. The Labute approximate surface area is 157 Å². The summed E-state index contributed by atoms with van der Waals surface area (Å²) in [7, 11) is 2.65. The second-order valence-corrected chi connectivity index (χ2v) is 7.42. The molecule has 144 valence electrons. The quantitative estimate of drug-likeness (QED) is 0.374. The summed E-state index contributed by atoms with van der Waals surface area (Å²) >= 11 is 0. The Balaban J connectivity index is 2.11. The van der Waals surface area contributed by atoms with E-state index in [9.17, 15) is 9.59 Å². The van der Waals surface area contributed by atoms with E-state index in [1.165, 1.54) is 63.9 Å². The van der Waals surface area contributed by atoms with Gasteiger partial charge in [0.05, 0.1) is 14.2 Å². The van der Waals surface area contributed by atoms with Crippen LogP contribution in [0.25, 0.3) is 0 Å². The molecular formula is C22H32O4. The van der Waals surface area contributed by atoms with Gasteiger partial charge in [0.1, 0.15) is 0 Å². The zero-order chi connectivity index (χ0) is 19.2. The molecule has 0 aliphatic heterocycles. The molecule has 0 unspecified atom stereocenters. The monoisotopic (exact) mass is 360 g/mol. The molecule has 0 aromatic heterocycles. The van der Waals surface area contributed by atoms with Gasteiger partial charge >= 0.3 is 11.9 Å². The Morgan fingerprint density at radius 2 is 1.58 bits per heavy atom. The van der Waals surface area contributed by atoms with E-state index in [4.69, 9.17) is 9.47 Å². The van der Waals surface area contributed by atoms with Crippen LogP contribution in [-0.2, 0) is 38.3 Å². The van der Waals surface area contributed by atoms with Crippen molar-refractivity contribution in [1.29, 1.82) is 0 Å². The van der Waals surface area contributed by atoms with E-state index in [0.717, 1.165) is 17.5 Å². The maximum absolute atomic E-state index is 12.4. The first-order valence-electron chi connectivity index (χ1n) is 9.77. The summed E-state index contributed by atoms with van der Waals surface area (Å²) < 4.78 is 9.87. The molecule has 2 rings (SSSR count). The zero-order valence-corrected chi connectivity index (χ0v) is 16.7. The third kappa shape index (κ3) is 4.11. The molecule has 0 spiro atoms. The summed E-state index contributed by atoms with van der Waals surface area (Å²) in [5.41, 5.74) is 3.49. The number of benzene rings is 1. The first kappa shape index (κ1) is 20.5. The second kappa shape index (κ2) is 9.20. The molecule has 0 fully saturated rings. The second-order valence-electron chi connectivity index (χ2n) is 7.42. The van der Waals surface area contributed by atoms with E-state index in [2.05, 4.69) is 26.0 Å². The molecule has 0 amide bonds. The van der Waals surface area contributed by atoms with Gasteiger partial charge in [-0.2, -0.15) is 0 Å². The fourth-order valence-electron chi connectivity index (χ4n) is 4.09. The SMILES string of the molecule is CCCCCCCCc1ccc2c(c1C)CC(C(=O)OC)(C(=O)OC)C2.